The number of rotatable bonds is 6. The van der Waals surface area contributed by atoms with Crippen molar-refractivity contribution in [1.29, 1.82) is 0 Å². The SMILES string of the molecule is NCCn1cc(-c2nc(C(=O)Nc3cc(N)ccc3N3CCC[C@@H](N)C3)cs2)cn1. The predicted octanol–water partition coefficient (Wildman–Crippen LogP) is 1.73. The number of anilines is 3. The van der Waals surface area contributed by atoms with Crippen LogP contribution in [0.2, 0.25) is 0 Å². The average Bonchev–Trinajstić information content (AvgIpc) is 3.38. The van der Waals surface area contributed by atoms with Crippen molar-refractivity contribution in [3.63, 3.8) is 0 Å². The Morgan fingerprint density at radius 3 is 3.03 bits per heavy atom. The molecule has 1 amide bonds. The fraction of sp³-hybridized carbons (Fsp3) is 0.350. The van der Waals surface area contributed by atoms with E-state index in [-0.39, 0.29) is 11.9 Å². The molecule has 1 fully saturated rings. The fourth-order valence-corrected chi connectivity index (χ4v) is 4.36. The van der Waals surface area contributed by atoms with Crippen molar-refractivity contribution >= 4 is 34.3 Å². The highest BCUT2D eigenvalue weighted by atomic mass is 32.1. The number of nitrogens with zero attached hydrogens (tertiary/aromatic N) is 4. The molecule has 3 heterocycles. The summed E-state index contributed by atoms with van der Waals surface area (Å²) in [5.41, 5.74) is 21.1. The summed E-state index contributed by atoms with van der Waals surface area (Å²) in [4.78, 5) is 19.6. The minimum absolute atomic E-state index is 0.126. The van der Waals surface area contributed by atoms with Gasteiger partial charge in [-0.2, -0.15) is 5.10 Å². The standard InChI is InChI=1S/C20H26N8OS/c21-5-7-28-10-13(9-24-28)20-26-17(12-30-20)19(29)25-16-8-14(22)3-4-18(16)27-6-1-2-15(23)11-27/h3-4,8-10,12,15H,1-2,5-7,11,21-23H2,(H,25,29)/t15-/m1/s1. The van der Waals surface area contributed by atoms with E-state index in [4.69, 9.17) is 17.2 Å². The lowest BCUT2D eigenvalue weighted by Gasteiger charge is -2.34. The second-order valence-corrected chi connectivity index (χ2v) is 8.26. The molecule has 3 aromatic rings. The maximum atomic E-state index is 12.9. The van der Waals surface area contributed by atoms with Crippen LogP contribution >= 0.6 is 11.3 Å². The number of nitrogens with two attached hydrogens (primary N) is 3. The van der Waals surface area contributed by atoms with Crippen LogP contribution in [0.5, 0.6) is 0 Å². The molecule has 0 saturated carbocycles. The van der Waals surface area contributed by atoms with Crippen LogP contribution in [0.3, 0.4) is 0 Å². The molecule has 1 aliphatic rings. The zero-order valence-electron chi connectivity index (χ0n) is 16.6. The Kier molecular flexibility index (Phi) is 5.98. The Hall–Kier alpha value is -2.95. The van der Waals surface area contributed by atoms with E-state index in [0.717, 1.165) is 42.2 Å². The number of benzene rings is 1. The summed E-state index contributed by atoms with van der Waals surface area (Å²) < 4.78 is 1.76. The Balaban J connectivity index is 1.53. The van der Waals surface area contributed by atoms with Crippen LogP contribution in [0.4, 0.5) is 17.1 Å². The van der Waals surface area contributed by atoms with Gasteiger partial charge >= 0.3 is 0 Å². The summed E-state index contributed by atoms with van der Waals surface area (Å²) in [5, 5.41) is 9.71. The summed E-state index contributed by atoms with van der Waals surface area (Å²) in [6.07, 6.45) is 5.64. The van der Waals surface area contributed by atoms with Crippen molar-refractivity contribution in [3.8, 4) is 10.6 Å². The molecule has 1 atom stereocenters. The van der Waals surface area contributed by atoms with E-state index in [1.54, 1.807) is 22.3 Å². The van der Waals surface area contributed by atoms with E-state index < -0.39 is 0 Å². The van der Waals surface area contributed by atoms with Gasteiger partial charge in [0.1, 0.15) is 10.7 Å². The first-order valence-corrected chi connectivity index (χ1v) is 10.8. The molecule has 0 radical (unpaired) electrons. The summed E-state index contributed by atoms with van der Waals surface area (Å²) in [6.45, 7) is 2.79. The summed E-state index contributed by atoms with van der Waals surface area (Å²) in [6, 6.07) is 5.67. The van der Waals surface area contributed by atoms with Crippen molar-refractivity contribution in [2.45, 2.75) is 25.4 Å². The number of hydrogen-bond acceptors (Lipinski definition) is 8. The zero-order chi connectivity index (χ0) is 21.1. The monoisotopic (exact) mass is 426 g/mol. The molecule has 7 N–H and O–H groups in total. The third kappa shape index (κ3) is 4.45. The van der Waals surface area contributed by atoms with E-state index in [1.807, 2.05) is 18.3 Å². The molecular weight excluding hydrogens is 400 g/mol. The number of hydrogen-bond donors (Lipinski definition) is 4. The Bertz CT molecular complexity index is 1030. The summed E-state index contributed by atoms with van der Waals surface area (Å²) in [5.74, 6) is -0.278. The molecule has 1 aromatic carbocycles. The first kappa shape index (κ1) is 20.3. The van der Waals surface area contributed by atoms with Crippen LogP contribution in [0.1, 0.15) is 23.3 Å². The van der Waals surface area contributed by atoms with Crippen LogP contribution in [0, 0.1) is 0 Å². The second-order valence-electron chi connectivity index (χ2n) is 7.40. The van der Waals surface area contributed by atoms with Crippen LogP contribution in [-0.4, -0.2) is 46.3 Å². The highest BCUT2D eigenvalue weighted by Gasteiger charge is 2.21. The Morgan fingerprint density at radius 2 is 2.23 bits per heavy atom. The van der Waals surface area contributed by atoms with Gasteiger partial charge in [0.15, 0.2) is 0 Å². The highest BCUT2D eigenvalue weighted by Crippen LogP contribution is 2.31. The minimum atomic E-state index is -0.278. The number of nitrogens with one attached hydrogen (secondary N) is 1. The van der Waals surface area contributed by atoms with Gasteiger partial charge < -0.3 is 27.4 Å². The third-order valence-electron chi connectivity index (χ3n) is 5.04. The molecule has 1 aliphatic heterocycles. The lowest BCUT2D eigenvalue weighted by Crippen LogP contribution is -2.43. The summed E-state index contributed by atoms with van der Waals surface area (Å²) >= 11 is 1.40. The quantitative estimate of drug-likeness (QED) is 0.440. The van der Waals surface area contributed by atoms with Gasteiger partial charge in [-0.1, -0.05) is 0 Å². The van der Waals surface area contributed by atoms with E-state index >= 15 is 0 Å². The molecule has 0 bridgehead atoms. The molecule has 9 nitrogen and oxygen atoms in total. The number of carbonyl (C=O) groups is 1. The van der Waals surface area contributed by atoms with Crippen molar-refractivity contribution in [1.82, 2.24) is 14.8 Å². The smallest absolute Gasteiger partial charge is 0.275 e. The minimum Gasteiger partial charge on any atom is -0.399 e. The number of nitrogen functional groups attached to an aromatic ring is 1. The molecule has 10 heteroatoms. The number of carbonyl (C=O) groups excluding carboxylic acids is 1. The largest absolute Gasteiger partial charge is 0.399 e. The number of aromatic nitrogens is 3. The lowest BCUT2D eigenvalue weighted by atomic mass is 10.1. The Labute approximate surface area is 178 Å². The molecule has 30 heavy (non-hydrogen) atoms. The van der Waals surface area contributed by atoms with E-state index in [2.05, 4.69) is 20.3 Å². The number of amides is 1. The van der Waals surface area contributed by atoms with Gasteiger partial charge in [0.25, 0.3) is 5.91 Å². The first-order valence-electron chi connectivity index (χ1n) is 9.93. The normalized spacial score (nSPS) is 16.6. The molecule has 1 saturated heterocycles. The first-order chi connectivity index (χ1) is 14.5. The van der Waals surface area contributed by atoms with E-state index in [9.17, 15) is 4.79 Å². The lowest BCUT2D eigenvalue weighted by molar-refractivity contribution is 0.102. The highest BCUT2D eigenvalue weighted by molar-refractivity contribution is 7.13. The van der Waals surface area contributed by atoms with Gasteiger partial charge in [0, 0.05) is 48.5 Å². The van der Waals surface area contributed by atoms with Gasteiger partial charge in [-0.3, -0.25) is 9.48 Å². The maximum Gasteiger partial charge on any atom is 0.275 e. The van der Waals surface area contributed by atoms with E-state index in [0.29, 0.717) is 30.2 Å². The fourth-order valence-electron chi connectivity index (χ4n) is 3.58. The molecule has 2 aromatic heterocycles. The van der Waals surface area contributed by atoms with Gasteiger partial charge in [0.05, 0.1) is 24.1 Å². The predicted molar refractivity (Wildman–Crippen MR) is 121 cm³/mol. The van der Waals surface area contributed by atoms with Gasteiger partial charge in [0.2, 0.25) is 0 Å². The van der Waals surface area contributed by atoms with Crippen LogP contribution < -0.4 is 27.4 Å². The molecule has 158 valence electrons. The topological polar surface area (TPSA) is 141 Å². The Morgan fingerprint density at radius 1 is 1.37 bits per heavy atom. The molecule has 0 unspecified atom stereocenters. The number of thiazole rings is 1. The maximum absolute atomic E-state index is 12.9. The van der Waals surface area contributed by atoms with Crippen molar-refractivity contribution < 1.29 is 4.79 Å². The third-order valence-corrected chi connectivity index (χ3v) is 5.93. The average molecular weight is 427 g/mol. The van der Waals surface area contributed by atoms with Gasteiger partial charge in [-0.05, 0) is 31.0 Å². The van der Waals surface area contributed by atoms with Crippen LogP contribution in [-0.2, 0) is 6.54 Å². The number of piperidine rings is 1. The van der Waals surface area contributed by atoms with Crippen LogP contribution in [0.15, 0.2) is 36.0 Å². The van der Waals surface area contributed by atoms with Crippen LogP contribution in [0.25, 0.3) is 10.6 Å². The van der Waals surface area contributed by atoms with Crippen molar-refractivity contribution in [2.75, 3.05) is 35.6 Å². The summed E-state index contributed by atoms with van der Waals surface area (Å²) in [7, 11) is 0. The van der Waals surface area contributed by atoms with Gasteiger partial charge in [-0.15, -0.1) is 11.3 Å². The van der Waals surface area contributed by atoms with Gasteiger partial charge in [-0.25, -0.2) is 4.98 Å². The molecule has 0 spiro atoms. The van der Waals surface area contributed by atoms with Crippen molar-refractivity contribution in [3.05, 3.63) is 41.7 Å². The zero-order valence-corrected chi connectivity index (χ0v) is 17.4. The van der Waals surface area contributed by atoms with E-state index in [1.165, 1.54) is 11.3 Å². The second kappa shape index (κ2) is 8.82. The molecule has 0 aliphatic carbocycles. The molecular formula is C20H26N8OS. The van der Waals surface area contributed by atoms with Crippen molar-refractivity contribution in [2.24, 2.45) is 11.5 Å². The molecule has 4 rings (SSSR count).